The number of likely N-dealkylation sites (tertiary alicyclic amines) is 1. The van der Waals surface area contributed by atoms with E-state index in [9.17, 15) is 19.5 Å². The third-order valence-electron chi connectivity index (χ3n) is 8.08. The molecule has 2 bridgehead atoms. The first kappa shape index (κ1) is 26.1. The van der Waals surface area contributed by atoms with Gasteiger partial charge in [0.25, 0.3) is 0 Å². The third-order valence-corrected chi connectivity index (χ3v) is 8.08. The molecule has 0 aromatic carbocycles. The summed E-state index contributed by atoms with van der Waals surface area (Å²) in [6.07, 6.45) is 5.27. The van der Waals surface area contributed by atoms with E-state index in [2.05, 4.69) is 11.5 Å². The Morgan fingerprint density at radius 2 is 1.91 bits per heavy atom. The molecule has 0 aliphatic carbocycles. The SMILES string of the molecule is C=CCN(CCN1CCOCC1)C(=O)C1N(CCCCCCO)C(=O)[C@@H]2[C@@H](C(=O)O)[C@H]3CCC12O3. The first-order chi connectivity index (χ1) is 16.9. The summed E-state index contributed by atoms with van der Waals surface area (Å²) in [6, 6.07) is -0.822. The average Bonchev–Trinajstić information content (AvgIpc) is 3.49. The van der Waals surface area contributed by atoms with Crippen LogP contribution in [0.4, 0.5) is 0 Å². The predicted molar refractivity (Wildman–Crippen MR) is 127 cm³/mol. The molecule has 0 aromatic heterocycles. The van der Waals surface area contributed by atoms with Crippen molar-refractivity contribution in [3.05, 3.63) is 12.7 Å². The van der Waals surface area contributed by atoms with Gasteiger partial charge in [-0.1, -0.05) is 18.9 Å². The van der Waals surface area contributed by atoms with E-state index in [1.165, 1.54) is 0 Å². The number of carboxylic acids is 1. The second kappa shape index (κ2) is 11.4. The van der Waals surface area contributed by atoms with Crippen LogP contribution in [-0.4, -0.2) is 120 Å². The maximum absolute atomic E-state index is 14.1. The number of amides is 2. The smallest absolute Gasteiger partial charge is 0.310 e. The summed E-state index contributed by atoms with van der Waals surface area (Å²) in [4.78, 5) is 45.4. The largest absolute Gasteiger partial charge is 0.481 e. The van der Waals surface area contributed by atoms with E-state index < -0.39 is 35.6 Å². The van der Waals surface area contributed by atoms with Crippen LogP contribution in [0.3, 0.4) is 0 Å². The summed E-state index contributed by atoms with van der Waals surface area (Å²) in [5.41, 5.74) is -1.08. The minimum Gasteiger partial charge on any atom is -0.481 e. The van der Waals surface area contributed by atoms with E-state index in [1.807, 2.05) is 0 Å². The first-order valence-corrected chi connectivity index (χ1v) is 13.0. The van der Waals surface area contributed by atoms with Crippen molar-refractivity contribution >= 4 is 17.8 Å². The zero-order valence-corrected chi connectivity index (χ0v) is 20.5. The Labute approximate surface area is 206 Å². The molecule has 10 nitrogen and oxygen atoms in total. The summed E-state index contributed by atoms with van der Waals surface area (Å²) in [5.74, 6) is -3.22. The molecule has 2 unspecified atom stereocenters. The lowest BCUT2D eigenvalue weighted by atomic mass is 9.70. The number of fused-ring (bicyclic) bond motifs is 1. The molecule has 4 aliphatic rings. The Morgan fingerprint density at radius 1 is 1.17 bits per heavy atom. The van der Waals surface area contributed by atoms with E-state index in [0.29, 0.717) is 65.1 Å². The zero-order valence-electron chi connectivity index (χ0n) is 20.5. The Balaban J connectivity index is 1.56. The van der Waals surface area contributed by atoms with Gasteiger partial charge < -0.3 is 29.5 Å². The van der Waals surface area contributed by atoms with Gasteiger partial charge in [-0.2, -0.15) is 0 Å². The number of carbonyl (C=O) groups excluding carboxylic acids is 2. The molecule has 0 aromatic rings. The first-order valence-electron chi connectivity index (χ1n) is 13.0. The second-order valence-corrected chi connectivity index (χ2v) is 10.1. The summed E-state index contributed by atoms with van der Waals surface area (Å²) in [6.45, 7) is 8.85. The maximum atomic E-state index is 14.1. The number of hydrogen-bond acceptors (Lipinski definition) is 7. The van der Waals surface area contributed by atoms with Gasteiger partial charge in [0.15, 0.2) is 0 Å². The Hall–Kier alpha value is -2.01. The Bertz CT molecular complexity index is 802. The van der Waals surface area contributed by atoms with Gasteiger partial charge in [-0.15, -0.1) is 6.58 Å². The van der Waals surface area contributed by atoms with Crippen LogP contribution in [0.15, 0.2) is 12.7 Å². The molecule has 35 heavy (non-hydrogen) atoms. The molecule has 4 heterocycles. The van der Waals surface area contributed by atoms with Crippen LogP contribution in [0.5, 0.6) is 0 Å². The summed E-state index contributed by atoms with van der Waals surface area (Å²) in [7, 11) is 0. The van der Waals surface area contributed by atoms with Crippen LogP contribution in [0, 0.1) is 11.8 Å². The molecule has 4 saturated heterocycles. The molecule has 10 heteroatoms. The molecular formula is C25H39N3O7. The zero-order chi connectivity index (χ0) is 25.0. The van der Waals surface area contributed by atoms with Crippen molar-refractivity contribution in [2.75, 3.05) is 59.1 Å². The molecule has 4 rings (SSSR count). The lowest BCUT2D eigenvalue weighted by Crippen LogP contribution is -2.57. The Morgan fingerprint density at radius 3 is 2.60 bits per heavy atom. The van der Waals surface area contributed by atoms with Crippen LogP contribution in [-0.2, 0) is 23.9 Å². The van der Waals surface area contributed by atoms with E-state index >= 15 is 0 Å². The van der Waals surface area contributed by atoms with Crippen molar-refractivity contribution in [3.63, 3.8) is 0 Å². The van der Waals surface area contributed by atoms with Gasteiger partial charge in [0.05, 0.1) is 31.2 Å². The molecule has 5 atom stereocenters. The summed E-state index contributed by atoms with van der Waals surface area (Å²) < 4.78 is 11.7. The summed E-state index contributed by atoms with van der Waals surface area (Å²) in [5, 5.41) is 18.9. The molecule has 2 amide bonds. The number of unbranched alkanes of at least 4 members (excludes halogenated alkanes) is 3. The minimum absolute atomic E-state index is 0.129. The van der Waals surface area contributed by atoms with E-state index in [1.54, 1.807) is 15.9 Å². The summed E-state index contributed by atoms with van der Waals surface area (Å²) >= 11 is 0. The normalized spacial score (nSPS) is 32.1. The Kier molecular flexibility index (Phi) is 8.46. The number of carboxylic acid groups (broad SMARTS) is 1. The third kappa shape index (κ3) is 4.98. The highest BCUT2D eigenvalue weighted by atomic mass is 16.5. The maximum Gasteiger partial charge on any atom is 0.310 e. The van der Waals surface area contributed by atoms with Gasteiger partial charge in [-0.3, -0.25) is 19.3 Å². The number of aliphatic hydroxyl groups excluding tert-OH is 1. The fourth-order valence-corrected chi connectivity index (χ4v) is 6.41. The minimum atomic E-state index is -1.08. The van der Waals surface area contributed by atoms with E-state index in [-0.39, 0.29) is 18.4 Å². The van der Waals surface area contributed by atoms with Crippen molar-refractivity contribution in [3.8, 4) is 0 Å². The van der Waals surface area contributed by atoms with Crippen LogP contribution >= 0.6 is 0 Å². The number of rotatable bonds is 13. The number of aliphatic carboxylic acids is 1. The van der Waals surface area contributed by atoms with Gasteiger partial charge in [0, 0.05) is 45.9 Å². The number of ether oxygens (including phenoxy) is 2. The highest BCUT2D eigenvalue weighted by Crippen LogP contribution is 2.58. The van der Waals surface area contributed by atoms with Crippen molar-refractivity contribution in [1.82, 2.24) is 14.7 Å². The van der Waals surface area contributed by atoms with Gasteiger partial charge in [-0.05, 0) is 25.7 Å². The number of nitrogens with zero attached hydrogens (tertiary/aromatic N) is 3. The molecule has 2 N–H and O–H groups in total. The van der Waals surface area contributed by atoms with Gasteiger partial charge in [0.1, 0.15) is 11.6 Å². The lowest BCUT2D eigenvalue weighted by Gasteiger charge is -2.37. The van der Waals surface area contributed by atoms with E-state index in [0.717, 1.165) is 25.9 Å². The molecule has 0 saturated carbocycles. The van der Waals surface area contributed by atoms with Crippen LogP contribution in [0.2, 0.25) is 0 Å². The van der Waals surface area contributed by atoms with Crippen molar-refractivity contribution in [2.45, 2.75) is 56.3 Å². The highest BCUT2D eigenvalue weighted by Gasteiger charge is 2.74. The molecule has 196 valence electrons. The van der Waals surface area contributed by atoms with Crippen LogP contribution in [0.25, 0.3) is 0 Å². The van der Waals surface area contributed by atoms with Crippen molar-refractivity contribution in [1.29, 1.82) is 0 Å². The molecular weight excluding hydrogens is 454 g/mol. The molecule has 1 spiro atoms. The average molecular weight is 494 g/mol. The monoisotopic (exact) mass is 493 g/mol. The number of morpholine rings is 1. The van der Waals surface area contributed by atoms with Crippen LogP contribution in [0.1, 0.15) is 38.5 Å². The predicted octanol–water partition coefficient (Wildman–Crippen LogP) is 0.345. The standard InChI is InChI=1S/C25H39N3O7/c1-2-9-27(12-11-26-13-16-34-17-14-26)23(31)21-25-8-7-18(35-25)19(24(32)33)20(25)22(30)28(21)10-5-3-4-6-15-29/h2,18-21,29H,1,3-17H2,(H,32,33)/t18-,19+,20+,21?,25?/m1/s1. The second-order valence-electron chi connectivity index (χ2n) is 10.1. The molecule has 4 aliphatic heterocycles. The van der Waals surface area contributed by atoms with E-state index in [4.69, 9.17) is 14.6 Å². The highest BCUT2D eigenvalue weighted by molar-refractivity contribution is 5.98. The number of hydrogen-bond donors (Lipinski definition) is 2. The van der Waals surface area contributed by atoms with Gasteiger partial charge >= 0.3 is 5.97 Å². The molecule has 4 fully saturated rings. The lowest BCUT2D eigenvalue weighted by molar-refractivity contribution is -0.151. The number of carbonyl (C=O) groups is 3. The van der Waals surface area contributed by atoms with Crippen molar-refractivity contribution in [2.24, 2.45) is 11.8 Å². The van der Waals surface area contributed by atoms with Gasteiger partial charge in [0.2, 0.25) is 11.8 Å². The fraction of sp³-hybridized carbons (Fsp3) is 0.800. The fourth-order valence-electron chi connectivity index (χ4n) is 6.41. The van der Waals surface area contributed by atoms with Gasteiger partial charge in [-0.25, -0.2) is 0 Å². The topological polar surface area (TPSA) is 120 Å². The van der Waals surface area contributed by atoms with Crippen molar-refractivity contribution < 1.29 is 34.1 Å². The van der Waals surface area contributed by atoms with Crippen LogP contribution < -0.4 is 0 Å². The molecule has 0 radical (unpaired) electrons. The number of aliphatic hydroxyl groups is 1. The quantitative estimate of drug-likeness (QED) is 0.279.